The summed E-state index contributed by atoms with van der Waals surface area (Å²) < 4.78 is 31.8. The fraction of sp³-hybridized carbons (Fsp3) is 0.133. The molecule has 0 heterocycles. The van der Waals surface area contributed by atoms with Crippen LogP contribution in [0.2, 0.25) is 5.02 Å². The molecule has 21 heavy (non-hydrogen) atoms. The third-order valence-corrected chi connectivity index (χ3v) is 3.08. The minimum absolute atomic E-state index is 0.137. The van der Waals surface area contributed by atoms with Gasteiger partial charge >= 0.3 is 5.97 Å². The third kappa shape index (κ3) is 3.70. The molecule has 0 aromatic heterocycles. The second kappa shape index (κ2) is 6.54. The Morgan fingerprint density at radius 1 is 1.24 bits per heavy atom. The molecule has 0 spiro atoms. The molecule has 0 bridgehead atoms. The van der Waals surface area contributed by atoms with Crippen molar-refractivity contribution in [3.63, 3.8) is 0 Å². The van der Waals surface area contributed by atoms with Gasteiger partial charge in [-0.15, -0.1) is 0 Å². The summed E-state index contributed by atoms with van der Waals surface area (Å²) in [7, 11) is 1.17. The van der Waals surface area contributed by atoms with Crippen molar-refractivity contribution in [2.24, 2.45) is 0 Å². The number of nitrogens with one attached hydrogen (secondary N) is 1. The van der Waals surface area contributed by atoms with E-state index in [9.17, 15) is 13.6 Å². The molecule has 2 aromatic rings. The number of hydrogen-bond donors (Lipinski definition) is 1. The summed E-state index contributed by atoms with van der Waals surface area (Å²) in [5.41, 5.74) is 0.350. The van der Waals surface area contributed by atoms with Gasteiger partial charge in [0.2, 0.25) is 0 Å². The Hall–Kier alpha value is -2.14. The van der Waals surface area contributed by atoms with Crippen LogP contribution in [-0.2, 0) is 9.53 Å². The van der Waals surface area contributed by atoms with Crippen LogP contribution in [0.15, 0.2) is 42.5 Å². The molecule has 0 saturated heterocycles. The molecule has 0 amide bonds. The van der Waals surface area contributed by atoms with Gasteiger partial charge in [-0.1, -0.05) is 17.7 Å². The van der Waals surface area contributed by atoms with Gasteiger partial charge in [0.25, 0.3) is 0 Å². The molecule has 0 aliphatic carbocycles. The van der Waals surface area contributed by atoms with E-state index >= 15 is 0 Å². The lowest BCUT2D eigenvalue weighted by Gasteiger charge is -2.19. The van der Waals surface area contributed by atoms with Gasteiger partial charge in [0.15, 0.2) is 6.04 Å². The molecule has 3 nitrogen and oxygen atoms in total. The Morgan fingerprint density at radius 2 is 2.00 bits per heavy atom. The number of ether oxygens (including phenoxy) is 1. The first-order chi connectivity index (χ1) is 10.0. The van der Waals surface area contributed by atoms with Gasteiger partial charge < -0.3 is 10.1 Å². The molecule has 0 saturated carbocycles. The van der Waals surface area contributed by atoms with Crippen LogP contribution in [-0.4, -0.2) is 13.1 Å². The van der Waals surface area contributed by atoms with Gasteiger partial charge in [-0.3, -0.25) is 0 Å². The number of benzene rings is 2. The number of anilines is 1. The normalized spacial score (nSPS) is 11.8. The molecule has 2 aromatic carbocycles. The highest BCUT2D eigenvalue weighted by Gasteiger charge is 2.25. The van der Waals surface area contributed by atoms with Gasteiger partial charge in [0.1, 0.15) is 11.6 Å². The van der Waals surface area contributed by atoms with Gasteiger partial charge in [-0.2, -0.15) is 0 Å². The number of carbonyl (C=O) groups is 1. The molecule has 6 heteroatoms. The molecule has 1 atom stereocenters. The topological polar surface area (TPSA) is 38.3 Å². The molecule has 0 radical (unpaired) electrons. The second-order valence-corrected chi connectivity index (χ2v) is 4.71. The van der Waals surface area contributed by atoms with Crippen LogP contribution in [0.3, 0.4) is 0 Å². The summed E-state index contributed by atoms with van der Waals surface area (Å²) in [6.45, 7) is 0. The summed E-state index contributed by atoms with van der Waals surface area (Å²) >= 11 is 5.85. The maximum absolute atomic E-state index is 13.9. The number of esters is 1. The van der Waals surface area contributed by atoms with E-state index in [4.69, 9.17) is 11.6 Å². The highest BCUT2D eigenvalue weighted by Crippen LogP contribution is 2.25. The van der Waals surface area contributed by atoms with Crippen LogP contribution < -0.4 is 5.32 Å². The van der Waals surface area contributed by atoms with Gasteiger partial charge in [0, 0.05) is 16.3 Å². The molecule has 1 N–H and O–H groups in total. The Labute approximate surface area is 125 Å². The van der Waals surface area contributed by atoms with E-state index in [1.54, 1.807) is 24.3 Å². The van der Waals surface area contributed by atoms with Crippen LogP contribution in [0.5, 0.6) is 0 Å². The first kappa shape index (κ1) is 15.3. The van der Waals surface area contributed by atoms with E-state index in [0.717, 1.165) is 18.2 Å². The van der Waals surface area contributed by atoms with Crippen LogP contribution >= 0.6 is 11.6 Å². The summed E-state index contributed by atoms with van der Waals surface area (Å²) in [6.07, 6.45) is 0. The molecule has 0 fully saturated rings. The van der Waals surface area contributed by atoms with Gasteiger partial charge in [-0.25, -0.2) is 13.6 Å². The van der Waals surface area contributed by atoms with E-state index in [2.05, 4.69) is 10.1 Å². The van der Waals surface area contributed by atoms with Crippen molar-refractivity contribution in [1.82, 2.24) is 0 Å². The summed E-state index contributed by atoms with van der Waals surface area (Å²) in [5.74, 6) is -2.09. The van der Waals surface area contributed by atoms with Crippen molar-refractivity contribution in [3.05, 3.63) is 64.7 Å². The average Bonchev–Trinajstić information content (AvgIpc) is 2.47. The zero-order chi connectivity index (χ0) is 15.4. The number of hydrogen-bond acceptors (Lipinski definition) is 3. The van der Waals surface area contributed by atoms with E-state index in [1.165, 1.54) is 7.11 Å². The highest BCUT2D eigenvalue weighted by atomic mass is 35.5. The lowest BCUT2D eigenvalue weighted by molar-refractivity contribution is -0.141. The van der Waals surface area contributed by atoms with Crippen LogP contribution in [0.4, 0.5) is 14.5 Å². The first-order valence-electron chi connectivity index (χ1n) is 6.06. The molecular formula is C15H12ClF2NO2. The van der Waals surface area contributed by atoms with Crippen molar-refractivity contribution in [1.29, 1.82) is 0 Å². The van der Waals surface area contributed by atoms with Crippen molar-refractivity contribution >= 4 is 23.3 Å². The molecule has 110 valence electrons. The lowest BCUT2D eigenvalue weighted by atomic mass is 10.1. The zero-order valence-electron chi connectivity index (χ0n) is 11.1. The molecular weight excluding hydrogens is 300 g/mol. The minimum Gasteiger partial charge on any atom is -0.467 e. The molecule has 0 aliphatic rings. The number of halogens is 3. The number of carbonyl (C=O) groups excluding carboxylic acids is 1. The Kier molecular flexibility index (Phi) is 4.75. The zero-order valence-corrected chi connectivity index (χ0v) is 11.8. The second-order valence-electron chi connectivity index (χ2n) is 4.28. The predicted octanol–water partition coefficient (Wildman–Crippen LogP) is 3.94. The van der Waals surface area contributed by atoms with E-state index in [0.29, 0.717) is 10.7 Å². The van der Waals surface area contributed by atoms with Gasteiger partial charge in [0.05, 0.1) is 7.11 Å². The Morgan fingerprint density at radius 3 is 2.67 bits per heavy atom. The molecule has 2 rings (SSSR count). The highest BCUT2D eigenvalue weighted by molar-refractivity contribution is 6.30. The maximum atomic E-state index is 13.9. The first-order valence-corrected chi connectivity index (χ1v) is 6.44. The monoisotopic (exact) mass is 311 g/mol. The largest absolute Gasteiger partial charge is 0.467 e. The van der Waals surface area contributed by atoms with Crippen molar-refractivity contribution in [2.75, 3.05) is 12.4 Å². The third-order valence-electron chi connectivity index (χ3n) is 2.84. The lowest BCUT2D eigenvalue weighted by Crippen LogP contribution is -2.23. The molecule has 0 aliphatic heterocycles. The maximum Gasteiger partial charge on any atom is 0.333 e. The fourth-order valence-electron chi connectivity index (χ4n) is 1.86. The smallest absolute Gasteiger partial charge is 0.333 e. The molecule has 1 unspecified atom stereocenters. The quantitative estimate of drug-likeness (QED) is 0.869. The van der Waals surface area contributed by atoms with Crippen LogP contribution in [0.1, 0.15) is 11.6 Å². The van der Waals surface area contributed by atoms with E-state index in [1.807, 2.05) is 0 Å². The van der Waals surface area contributed by atoms with Crippen molar-refractivity contribution in [2.45, 2.75) is 6.04 Å². The van der Waals surface area contributed by atoms with Gasteiger partial charge in [-0.05, 0) is 36.4 Å². The van der Waals surface area contributed by atoms with E-state index in [-0.39, 0.29) is 5.56 Å². The predicted molar refractivity (Wildman–Crippen MR) is 76.2 cm³/mol. The number of methoxy groups -OCH3 is 1. The van der Waals surface area contributed by atoms with E-state index < -0.39 is 23.6 Å². The summed E-state index contributed by atoms with van der Waals surface area (Å²) in [5, 5.41) is 3.24. The standard InChI is InChI=1S/C15H12ClF2NO2/c1-21-15(20)14(12-8-10(17)5-6-13(12)18)19-11-4-2-3-9(16)7-11/h2-8,14,19H,1H3. The Balaban J connectivity index is 2.39. The fourth-order valence-corrected chi connectivity index (χ4v) is 2.05. The summed E-state index contributed by atoms with van der Waals surface area (Å²) in [4.78, 5) is 11.9. The minimum atomic E-state index is -1.18. The summed E-state index contributed by atoms with van der Waals surface area (Å²) in [6, 6.07) is 8.25. The average molecular weight is 312 g/mol. The SMILES string of the molecule is COC(=O)C(Nc1cccc(Cl)c1)c1cc(F)ccc1F. The number of rotatable bonds is 4. The van der Waals surface area contributed by atoms with Crippen molar-refractivity contribution < 1.29 is 18.3 Å². The van der Waals surface area contributed by atoms with Crippen LogP contribution in [0.25, 0.3) is 0 Å². The van der Waals surface area contributed by atoms with Crippen LogP contribution in [0, 0.1) is 11.6 Å². The Bertz CT molecular complexity index is 664. The van der Waals surface area contributed by atoms with Crippen molar-refractivity contribution in [3.8, 4) is 0 Å².